The number of benzene rings is 2. The van der Waals surface area contributed by atoms with Crippen LogP contribution in [0, 0.1) is 0 Å². The molecule has 2 aromatic rings. The number of ether oxygens (including phenoxy) is 1. The fourth-order valence-electron chi connectivity index (χ4n) is 1.50. The van der Waals surface area contributed by atoms with Crippen molar-refractivity contribution in [2.45, 2.75) is 6.92 Å². The summed E-state index contributed by atoms with van der Waals surface area (Å²) < 4.78 is 5.60. The van der Waals surface area contributed by atoms with Crippen LogP contribution in [0.4, 0.5) is 0 Å². The standard InChI is InChI=1S/C14H10Cl2O2/c1-9(17)11-7-8-12(14(16)13(11)15)18-10-5-3-2-4-6-10/h2-8H,1H3. The first-order valence-electron chi connectivity index (χ1n) is 5.31. The van der Waals surface area contributed by atoms with Crippen molar-refractivity contribution in [2.75, 3.05) is 0 Å². The summed E-state index contributed by atoms with van der Waals surface area (Å²) >= 11 is 12.1. The van der Waals surface area contributed by atoms with Crippen molar-refractivity contribution in [1.82, 2.24) is 0 Å². The zero-order valence-electron chi connectivity index (χ0n) is 9.61. The van der Waals surface area contributed by atoms with E-state index in [1.165, 1.54) is 6.92 Å². The largest absolute Gasteiger partial charge is 0.456 e. The Kier molecular flexibility index (Phi) is 3.90. The molecule has 0 amide bonds. The van der Waals surface area contributed by atoms with Crippen LogP contribution < -0.4 is 4.74 Å². The van der Waals surface area contributed by atoms with E-state index in [1.54, 1.807) is 12.1 Å². The Hall–Kier alpha value is -1.51. The summed E-state index contributed by atoms with van der Waals surface area (Å²) in [5, 5.41) is 0.464. The lowest BCUT2D eigenvalue weighted by atomic mass is 10.1. The summed E-state index contributed by atoms with van der Waals surface area (Å²) in [6.07, 6.45) is 0. The first-order valence-corrected chi connectivity index (χ1v) is 6.07. The molecule has 2 aromatic carbocycles. The SMILES string of the molecule is CC(=O)c1ccc(Oc2ccccc2)c(Cl)c1Cl. The van der Waals surface area contributed by atoms with Gasteiger partial charge in [-0.05, 0) is 31.2 Å². The summed E-state index contributed by atoms with van der Waals surface area (Å²) in [6, 6.07) is 12.5. The highest BCUT2D eigenvalue weighted by molar-refractivity contribution is 6.44. The molecule has 0 saturated carbocycles. The van der Waals surface area contributed by atoms with Crippen molar-refractivity contribution in [3.8, 4) is 11.5 Å². The van der Waals surface area contributed by atoms with Crippen molar-refractivity contribution < 1.29 is 9.53 Å². The predicted molar refractivity (Wildman–Crippen MR) is 73.0 cm³/mol. The molecule has 92 valence electrons. The molecule has 4 heteroatoms. The number of carbonyl (C=O) groups excluding carboxylic acids is 1. The van der Waals surface area contributed by atoms with Gasteiger partial charge in [0.15, 0.2) is 5.78 Å². The fourth-order valence-corrected chi connectivity index (χ4v) is 1.99. The van der Waals surface area contributed by atoms with E-state index in [0.717, 1.165) is 0 Å². The van der Waals surface area contributed by atoms with Gasteiger partial charge in [-0.25, -0.2) is 0 Å². The van der Waals surface area contributed by atoms with Crippen LogP contribution in [0.1, 0.15) is 17.3 Å². The summed E-state index contributed by atoms with van der Waals surface area (Å²) in [6.45, 7) is 1.44. The first-order chi connectivity index (χ1) is 8.59. The number of rotatable bonds is 3. The molecule has 0 bridgehead atoms. The maximum absolute atomic E-state index is 11.3. The molecule has 0 saturated heterocycles. The minimum absolute atomic E-state index is 0.131. The minimum atomic E-state index is -0.131. The molecule has 0 radical (unpaired) electrons. The lowest BCUT2D eigenvalue weighted by Gasteiger charge is -2.10. The van der Waals surface area contributed by atoms with Gasteiger partial charge in [0, 0.05) is 5.56 Å². The number of hydrogen-bond acceptors (Lipinski definition) is 2. The third-order valence-corrected chi connectivity index (χ3v) is 3.26. The van der Waals surface area contributed by atoms with Crippen molar-refractivity contribution in [1.29, 1.82) is 0 Å². The topological polar surface area (TPSA) is 26.3 Å². The van der Waals surface area contributed by atoms with Gasteiger partial charge in [-0.2, -0.15) is 0 Å². The van der Waals surface area contributed by atoms with E-state index < -0.39 is 0 Å². The number of halogens is 2. The van der Waals surface area contributed by atoms with Gasteiger partial charge in [0.1, 0.15) is 16.5 Å². The van der Waals surface area contributed by atoms with Gasteiger partial charge in [0.05, 0.1) is 5.02 Å². The molecule has 0 aromatic heterocycles. The molecule has 2 rings (SSSR count). The van der Waals surface area contributed by atoms with Gasteiger partial charge in [-0.3, -0.25) is 4.79 Å². The summed E-state index contributed by atoms with van der Waals surface area (Å²) in [5.74, 6) is 0.956. The zero-order valence-corrected chi connectivity index (χ0v) is 11.1. The Balaban J connectivity index is 2.36. The van der Waals surface area contributed by atoms with Crippen LogP contribution in [0.25, 0.3) is 0 Å². The van der Waals surface area contributed by atoms with Crippen LogP contribution in [-0.2, 0) is 0 Å². The van der Waals surface area contributed by atoms with Crippen molar-refractivity contribution in [3.05, 3.63) is 58.1 Å². The second-order valence-corrected chi connectivity index (χ2v) is 4.47. The third kappa shape index (κ3) is 2.66. The molecule has 0 aliphatic heterocycles. The summed E-state index contributed by atoms with van der Waals surface area (Å²) in [4.78, 5) is 11.3. The molecule has 0 aliphatic rings. The van der Waals surface area contributed by atoms with Crippen molar-refractivity contribution in [3.63, 3.8) is 0 Å². The highest BCUT2D eigenvalue weighted by atomic mass is 35.5. The number of Topliss-reactive ketones (excluding diaryl/α,β-unsaturated/α-hetero) is 1. The van der Waals surface area contributed by atoms with Crippen LogP contribution in [0.3, 0.4) is 0 Å². The minimum Gasteiger partial charge on any atom is -0.456 e. The Labute approximate surface area is 115 Å². The highest BCUT2D eigenvalue weighted by Gasteiger charge is 2.14. The summed E-state index contributed by atoms with van der Waals surface area (Å²) in [7, 11) is 0. The smallest absolute Gasteiger partial charge is 0.161 e. The molecular weight excluding hydrogens is 271 g/mol. The van der Waals surface area contributed by atoms with Gasteiger partial charge in [-0.1, -0.05) is 41.4 Å². The highest BCUT2D eigenvalue weighted by Crippen LogP contribution is 2.37. The molecule has 0 aliphatic carbocycles. The molecule has 0 N–H and O–H groups in total. The Morgan fingerprint density at radius 1 is 1.00 bits per heavy atom. The fraction of sp³-hybridized carbons (Fsp3) is 0.0714. The molecule has 0 atom stereocenters. The maximum Gasteiger partial charge on any atom is 0.161 e. The number of hydrogen-bond donors (Lipinski definition) is 0. The maximum atomic E-state index is 11.3. The Morgan fingerprint density at radius 2 is 1.67 bits per heavy atom. The quantitative estimate of drug-likeness (QED) is 0.741. The van der Waals surface area contributed by atoms with E-state index in [-0.39, 0.29) is 15.8 Å². The molecular formula is C14H10Cl2O2. The van der Waals surface area contributed by atoms with Crippen molar-refractivity contribution in [2.24, 2.45) is 0 Å². The lowest BCUT2D eigenvalue weighted by Crippen LogP contribution is -1.95. The second-order valence-electron chi connectivity index (χ2n) is 3.71. The zero-order chi connectivity index (χ0) is 13.1. The van der Waals surface area contributed by atoms with Gasteiger partial charge in [0.25, 0.3) is 0 Å². The van der Waals surface area contributed by atoms with Crippen LogP contribution in [0.2, 0.25) is 10.0 Å². The van der Waals surface area contributed by atoms with E-state index in [0.29, 0.717) is 17.1 Å². The lowest BCUT2D eigenvalue weighted by molar-refractivity contribution is 0.101. The summed E-state index contributed by atoms with van der Waals surface area (Å²) in [5.41, 5.74) is 0.391. The number of carbonyl (C=O) groups is 1. The molecule has 18 heavy (non-hydrogen) atoms. The normalized spacial score (nSPS) is 10.2. The average molecular weight is 281 g/mol. The van der Waals surface area contributed by atoms with E-state index in [9.17, 15) is 4.79 Å². The molecule has 2 nitrogen and oxygen atoms in total. The van der Waals surface area contributed by atoms with Crippen LogP contribution in [-0.4, -0.2) is 5.78 Å². The van der Waals surface area contributed by atoms with Crippen LogP contribution >= 0.6 is 23.2 Å². The molecule has 0 unspecified atom stereocenters. The van der Waals surface area contributed by atoms with Gasteiger partial charge >= 0.3 is 0 Å². The Morgan fingerprint density at radius 3 is 2.28 bits per heavy atom. The van der Waals surface area contributed by atoms with Crippen LogP contribution in [0.15, 0.2) is 42.5 Å². The van der Waals surface area contributed by atoms with E-state index in [4.69, 9.17) is 27.9 Å². The molecule has 0 spiro atoms. The first kappa shape index (κ1) is 12.9. The van der Waals surface area contributed by atoms with E-state index in [1.807, 2.05) is 30.3 Å². The third-order valence-electron chi connectivity index (χ3n) is 2.40. The van der Waals surface area contributed by atoms with Gasteiger partial charge < -0.3 is 4.74 Å². The number of ketones is 1. The van der Waals surface area contributed by atoms with Gasteiger partial charge in [0.2, 0.25) is 0 Å². The van der Waals surface area contributed by atoms with Crippen LogP contribution in [0.5, 0.6) is 11.5 Å². The average Bonchev–Trinajstić information content (AvgIpc) is 2.36. The van der Waals surface area contributed by atoms with Crippen molar-refractivity contribution >= 4 is 29.0 Å². The second kappa shape index (κ2) is 5.42. The monoisotopic (exact) mass is 280 g/mol. The van der Waals surface area contributed by atoms with Gasteiger partial charge in [-0.15, -0.1) is 0 Å². The van der Waals surface area contributed by atoms with E-state index >= 15 is 0 Å². The molecule has 0 heterocycles. The Bertz CT molecular complexity index is 580. The predicted octanol–water partition coefficient (Wildman–Crippen LogP) is 4.99. The molecule has 0 fully saturated rings. The van der Waals surface area contributed by atoms with E-state index in [2.05, 4.69) is 0 Å². The number of para-hydroxylation sites is 1.